The summed E-state index contributed by atoms with van der Waals surface area (Å²) in [6, 6.07) is 0. The van der Waals surface area contributed by atoms with E-state index in [4.69, 9.17) is 4.74 Å². The van der Waals surface area contributed by atoms with Crippen molar-refractivity contribution in [1.29, 1.82) is 0 Å². The van der Waals surface area contributed by atoms with E-state index >= 15 is 0 Å². The molecule has 3 heteroatoms. The van der Waals surface area contributed by atoms with Crippen molar-refractivity contribution in [2.45, 2.75) is 95.2 Å². The van der Waals surface area contributed by atoms with E-state index in [0.29, 0.717) is 0 Å². The lowest BCUT2D eigenvalue weighted by Crippen LogP contribution is -2.44. The van der Waals surface area contributed by atoms with Crippen LogP contribution in [0.25, 0.3) is 0 Å². The molecule has 1 aliphatic heterocycles. The Hall–Kier alpha value is -0.640. The molecule has 29 heavy (non-hydrogen) atoms. The molecule has 4 atom stereocenters. The molecule has 1 spiro atoms. The third-order valence-corrected chi connectivity index (χ3v) is 8.70. The smallest absolute Gasteiger partial charge is 0.0811 e. The van der Waals surface area contributed by atoms with E-state index in [1.54, 1.807) is 5.57 Å². The van der Waals surface area contributed by atoms with Crippen LogP contribution in [0, 0.1) is 17.8 Å². The second kappa shape index (κ2) is 8.85. The van der Waals surface area contributed by atoms with Crippen LogP contribution < -0.4 is 0 Å². The SMILES string of the molecule is OC1CCC/C(=C/C=C2\CCCC3C(CCCN4CCOC5(CC5)C4)CCC23)C1. The summed E-state index contributed by atoms with van der Waals surface area (Å²) in [6.45, 7) is 4.58. The molecule has 4 aliphatic carbocycles. The zero-order valence-electron chi connectivity index (χ0n) is 18.3. The largest absolute Gasteiger partial charge is 0.393 e. The number of aliphatic hydroxyl groups excluding tert-OH is 1. The molecule has 1 saturated heterocycles. The van der Waals surface area contributed by atoms with Crippen molar-refractivity contribution in [2.75, 3.05) is 26.2 Å². The van der Waals surface area contributed by atoms with Gasteiger partial charge in [0.15, 0.2) is 0 Å². The molecule has 1 N–H and O–H groups in total. The number of allylic oxidation sites excluding steroid dienone is 3. The first-order valence-corrected chi connectivity index (χ1v) is 12.6. The molecule has 0 aromatic rings. The minimum Gasteiger partial charge on any atom is -0.393 e. The van der Waals surface area contributed by atoms with Crippen molar-refractivity contribution >= 4 is 0 Å². The fourth-order valence-electron chi connectivity index (χ4n) is 6.92. The van der Waals surface area contributed by atoms with E-state index in [0.717, 1.165) is 50.2 Å². The lowest BCUT2D eigenvalue weighted by Gasteiger charge is -2.34. The maximum Gasteiger partial charge on any atom is 0.0811 e. The predicted octanol–water partition coefficient (Wildman–Crippen LogP) is 5.25. The Bertz CT molecular complexity index is 635. The summed E-state index contributed by atoms with van der Waals surface area (Å²) in [4.78, 5) is 2.68. The van der Waals surface area contributed by atoms with E-state index in [9.17, 15) is 5.11 Å². The van der Waals surface area contributed by atoms with Crippen molar-refractivity contribution in [3.05, 3.63) is 23.3 Å². The van der Waals surface area contributed by atoms with Crippen molar-refractivity contribution in [1.82, 2.24) is 4.90 Å². The van der Waals surface area contributed by atoms with E-state index in [2.05, 4.69) is 17.1 Å². The van der Waals surface area contributed by atoms with Crippen molar-refractivity contribution in [3.8, 4) is 0 Å². The minimum atomic E-state index is -0.0929. The topological polar surface area (TPSA) is 32.7 Å². The van der Waals surface area contributed by atoms with Crippen LogP contribution in [-0.2, 0) is 4.74 Å². The number of fused-ring (bicyclic) bond motifs is 1. The van der Waals surface area contributed by atoms with Crippen LogP contribution in [0.1, 0.15) is 83.5 Å². The Morgan fingerprint density at radius 2 is 1.97 bits per heavy atom. The Balaban J connectivity index is 1.12. The Morgan fingerprint density at radius 3 is 2.83 bits per heavy atom. The van der Waals surface area contributed by atoms with Gasteiger partial charge in [-0.25, -0.2) is 0 Å². The number of rotatable bonds is 5. The van der Waals surface area contributed by atoms with Gasteiger partial charge >= 0.3 is 0 Å². The normalized spacial score (nSPS) is 39.9. The van der Waals surface area contributed by atoms with Gasteiger partial charge in [0.05, 0.1) is 18.3 Å². The van der Waals surface area contributed by atoms with E-state index in [1.165, 1.54) is 82.9 Å². The fraction of sp³-hybridized carbons (Fsp3) is 0.846. The van der Waals surface area contributed by atoms with Crippen LogP contribution in [0.2, 0.25) is 0 Å². The van der Waals surface area contributed by atoms with Crippen LogP contribution in [-0.4, -0.2) is 48.0 Å². The molecule has 0 radical (unpaired) electrons. The van der Waals surface area contributed by atoms with Crippen molar-refractivity contribution < 1.29 is 9.84 Å². The number of hydrogen-bond donors (Lipinski definition) is 1. The molecule has 162 valence electrons. The fourth-order valence-corrected chi connectivity index (χ4v) is 6.92. The first kappa shape index (κ1) is 20.3. The number of morpholine rings is 1. The van der Waals surface area contributed by atoms with E-state index in [1.807, 2.05) is 0 Å². The zero-order valence-corrected chi connectivity index (χ0v) is 18.3. The van der Waals surface area contributed by atoms with E-state index < -0.39 is 0 Å². The maximum atomic E-state index is 9.94. The quantitative estimate of drug-likeness (QED) is 0.686. The Kier molecular flexibility index (Phi) is 6.18. The molecular formula is C26H41NO2. The van der Waals surface area contributed by atoms with Gasteiger partial charge in [0, 0.05) is 13.1 Å². The summed E-state index contributed by atoms with van der Waals surface area (Å²) in [7, 11) is 0. The molecule has 1 heterocycles. The first-order chi connectivity index (χ1) is 14.2. The molecule has 3 nitrogen and oxygen atoms in total. The summed E-state index contributed by atoms with van der Waals surface area (Å²) in [6.07, 6.45) is 21.5. The zero-order chi connectivity index (χ0) is 19.7. The highest BCUT2D eigenvalue weighted by atomic mass is 16.5. The molecule has 5 rings (SSSR count). The molecular weight excluding hydrogens is 358 g/mol. The molecule has 0 amide bonds. The highest BCUT2D eigenvalue weighted by Gasteiger charge is 2.47. The lowest BCUT2D eigenvalue weighted by molar-refractivity contribution is -0.0465. The third-order valence-electron chi connectivity index (χ3n) is 8.70. The first-order valence-electron chi connectivity index (χ1n) is 12.6. The summed E-state index contributed by atoms with van der Waals surface area (Å²) < 4.78 is 5.98. The second-order valence-electron chi connectivity index (χ2n) is 10.8. The predicted molar refractivity (Wildman–Crippen MR) is 118 cm³/mol. The van der Waals surface area contributed by atoms with Gasteiger partial charge in [-0.3, -0.25) is 4.90 Å². The maximum absolute atomic E-state index is 9.94. The Morgan fingerprint density at radius 1 is 1.07 bits per heavy atom. The summed E-state index contributed by atoms with van der Waals surface area (Å²) in [5, 5.41) is 9.94. The molecule has 5 aliphatic rings. The molecule has 0 aromatic carbocycles. The van der Waals surface area contributed by atoms with Gasteiger partial charge in [-0.1, -0.05) is 23.3 Å². The second-order valence-corrected chi connectivity index (χ2v) is 10.8. The van der Waals surface area contributed by atoms with Gasteiger partial charge < -0.3 is 9.84 Å². The molecule has 0 aromatic heterocycles. The van der Waals surface area contributed by atoms with Crippen LogP contribution in [0.3, 0.4) is 0 Å². The van der Waals surface area contributed by atoms with Crippen molar-refractivity contribution in [3.63, 3.8) is 0 Å². The van der Waals surface area contributed by atoms with Gasteiger partial charge in [-0.2, -0.15) is 0 Å². The van der Waals surface area contributed by atoms with E-state index in [-0.39, 0.29) is 11.7 Å². The number of hydrogen-bond acceptors (Lipinski definition) is 3. The minimum absolute atomic E-state index is 0.0929. The standard InChI is InChI=1S/C26H41NO2/c28-23-7-1-4-20(18-23)9-10-21-5-2-8-24-22(11-12-25(21)24)6-3-15-27-16-17-29-26(19-27)13-14-26/h9-10,22-25,28H,1-8,11-19H2/b20-9-,21-10+. The molecule has 5 fully saturated rings. The highest BCUT2D eigenvalue weighted by molar-refractivity contribution is 5.24. The Labute approximate surface area is 177 Å². The number of ether oxygens (including phenoxy) is 1. The summed E-state index contributed by atoms with van der Waals surface area (Å²) in [5.74, 6) is 2.77. The van der Waals surface area contributed by atoms with Gasteiger partial charge in [0.25, 0.3) is 0 Å². The van der Waals surface area contributed by atoms with Crippen molar-refractivity contribution in [2.24, 2.45) is 17.8 Å². The summed E-state index contributed by atoms with van der Waals surface area (Å²) >= 11 is 0. The lowest BCUT2D eigenvalue weighted by atomic mass is 9.74. The van der Waals surface area contributed by atoms with Crippen LogP contribution in [0.4, 0.5) is 0 Å². The van der Waals surface area contributed by atoms with Gasteiger partial charge in [-0.05, 0) is 108 Å². The molecule has 0 bridgehead atoms. The number of aliphatic hydroxyl groups is 1. The van der Waals surface area contributed by atoms with Gasteiger partial charge in [-0.15, -0.1) is 0 Å². The van der Waals surface area contributed by atoms with Crippen LogP contribution in [0.15, 0.2) is 23.3 Å². The average molecular weight is 400 g/mol. The van der Waals surface area contributed by atoms with Crippen LogP contribution >= 0.6 is 0 Å². The van der Waals surface area contributed by atoms with Crippen LogP contribution in [0.5, 0.6) is 0 Å². The molecule has 4 unspecified atom stereocenters. The average Bonchev–Trinajstić information content (AvgIpc) is 3.33. The highest BCUT2D eigenvalue weighted by Crippen LogP contribution is 2.50. The van der Waals surface area contributed by atoms with Gasteiger partial charge in [0.2, 0.25) is 0 Å². The number of nitrogens with zero attached hydrogens (tertiary/aromatic N) is 1. The third kappa shape index (κ3) is 4.83. The molecule has 4 saturated carbocycles. The monoisotopic (exact) mass is 399 g/mol. The van der Waals surface area contributed by atoms with Gasteiger partial charge in [0.1, 0.15) is 0 Å². The summed E-state index contributed by atoms with van der Waals surface area (Å²) in [5.41, 5.74) is 3.50.